The summed E-state index contributed by atoms with van der Waals surface area (Å²) in [6.45, 7) is 4.65. The Kier molecular flexibility index (Phi) is 9.82. The van der Waals surface area contributed by atoms with Crippen molar-refractivity contribution in [1.29, 1.82) is 0 Å². The number of nitrogens with one attached hydrogen (secondary N) is 2. The Morgan fingerprint density at radius 1 is 1.40 bits per heavy atom. The summed E-state index contributed by atoms with van der Waals surface area (Å²) in [7, 11) is 0.181. The van der Waals surface area contributed by atoms with Gasteiger partial charge < -0.3 is 29.0 Å². The number of halogens is 1. The number of nitrogens with two attached hydrogens (primary N) is 1. The van der Waals surface area contributed by atoms with Crippen LogP contribution in [0.4, 0.5) is 5.95 Å². The summed E-state index contributed by atoms with van der Waals surface area (Å²) < 4.78 is 23.8. The molecule has 0 spiro atoms. The number of carbonyl (C=O) groups is 1. The molecule has 14 heteroatoms. The predicted molar refractivity (Wildman–Crippen MR) is 132 cm³/mol. The van der Waals surface area contributed by atoms with E-state index < -0.39 is 19.9 Å². The van der Waals surface area contributed by atoms with E-state index in [2.05, 4.69) is 20.0 Å². The highest BCUT2D eigenvalue weighted by atomic mass is 35.5. The van der Waals surface area contributed by atoms with Crippen LogP contribution in [0.25, 0.3) is 11.2 Å². The first-order chi connectivity index (χ1) is 16.8. The summed E-state index contributed by atoms with van der Waals surface area (Å²) in [4.78, 5) is 34.6. The highest BCUT2D eigenvalue weighted by molar-refractivity contribution is 7.50. The molecule has 2 heterocycles. The average Bonchev–Trinajstić information content (AvgIpc) is 3.23. The molecule has 0 bridgehead atoms. The number of methoxy groups -OCH3 is 1. The number of H-pyrrole nitrogens is 1. The number of carbonyl (C=O) groups excluding carboxylic acids is 1. The van der Waals surface area contributed by atoms with Gasteiger partial charge in [-0.05, 0) is 31.5 Å². The minimum Gasteiger partial charge on any atom is -0.495 e. The maximum atomic E-state index is 12.1. The second kappa shape index (κ2) is 12.8. The first-order valence-electron chi connectivity index (χ1n) is 10.8. The second-order valence-corrected chi connectivity index (χ2v) is 9.26. The van der Waals surface area contributed by atoms with Gasteiger partial charge in [0.05, 0.1) is 38.3 Å². The lowest BCUT2D eigenvalue weighted by atomic mass is 10.2. The summed E-state index contributed by atoms with van der Waals surface area (Å²) in [5, 5.41) is 3.61. The number of hydrogen-bond donors (Lipinski definition) is 3. The molecule has 190 valence electrons. The van der Waals surface area contributed by atoms with Gasteiger partial charge in [-0.3, -0.25) is 19.7 Å². The van der Waals surface area contributed by atoms with Crippen molar-refractivity contribution in [2.75, 3.05) is 32.4 Å². The molecular weight excluding hydrogens is 499 g/mol. The maximum absolute atomic E-state index is 12.1. The van der Waals surface area contributed by atoms with E-state index in [4.69, 9.17) is 36.1 Å². The predicted octanol–water partition coefficient (Wildman–Crippen LogP) is 2.41. The number of nitrogens with zero attached hydrogens (tertiary/aromatic N) is 3. The Hall–Kier alpha value is -2.76. The van der Waals surface area contributed by atoms with Gasteiger partial charge in [0.2, 0.25) is 5.95 Å². The highest BCUT2D eigenvalue weighted by Gasteiger charge is 2.20. The van der Waals surface area contributed by atoms with E-state index in [0.717, 1.165) is 5.56 Å². The number of benzene rings is 1. The van der Waals surface area contributed by atoms with E-state index in [-0.39, 0.29) is 43.6 Å². The zero-order valence-corrected chi connectivity index (χ0v) is 21.3. The Bertz CT molecular complexity index is 1200. The minimum absolute atomic E-state index is 0.0119. The maximum Gasteiger partial charge on any atom is 0.323 e. The van der Waals surface area contributed by atoms with Crippen molar-refractivity contribution in [2.45, 2.75) is 33.0 Å². The van der Waals surface area contributed by atoms with E-state index in [1.54, 1.807) is 37.7 Å². The molecule has 0 saturated carbocycles. The largest absolute Gasteiger partial charge is 0.495 e. The molecule has 0 aliphatic carbocycles. The van der Waals surface area contributed by atoms with E-state index in [0.29, 0.717) is 23.0 Å². The summed E-state index contributed by atoms with van der Waals surface area (Å²) in [6.07, 6.45) is 1.70. The highest BCUT2D eigenvalue weighted by Crippen LogP contribution is 2.35. The number of hydrogen-bond acceptors (Lipinski definition) is 10. The lowest BCUT2D eigenvalue weighted by Crippen LogP contribution is -2.33. The average molecular weight is 527 g/mol. The van der Waals surface area contributed by atoms with Crippen LogP contribution in [-0.4, -0.2) is 58.2 Å². The van der Waals surface area contributed by atoms with Gasteiger partial charge in [0.15, 0.2) is 11.2 Å². The van der Waals surface area contributed by atoms with Crippen LogP contribution in [-0.2, 0) is 31.9 Å². The van der Waals surface area contributed by atoms with Crippen LogP contribution in [0.2, 0.25) is 5.02 Å². The summed E-state index contributed by atoms with van der Waals surface area (Å²) in [5.41, 5.74) is 6.65. The lowest BCUT2D eigenvalue weighted by molar-refractivity contribution is -0.144. The molecular formula is C21H28ClN6O6P. The van der Waals surface area contributed by atoms with E-state index >= 15 is 0 Å². The van der Waals surface area contributed by atoms with Crippen LogP contribution < -0.4 is 21.1 Å². The number of nitrogen functional groups attached to an aromatic ring is 1. The molecule has 0 amide bonds. The third-order valence-electron chi connectivity index (χ3n) is 4.76. The molecule has 35 heavy (non-hydrogen) atoms. The third-order valence-corrected chi connectivity index (χ3v) is 6.59. The molecule has 3 rings (SSSR count). The molecule has 12 nitrogen and oxygen atoms in total. The Balaban J connectivity index is 1.60. The quantitative estimate of drug-likeness (QED) is 0.172. The molecule has 2 unspecified atom stereocenters. The van der Waals surface area contributed by atoms with Crippen molar-refractivity contribution in [3.05, 3.63) is 45.5 Å². The molecule has 2 aromatic heterocycles. The SMILES string of the molecule is CCOC(=O)C(C)NP(COCCn1cnc2c(=O)[nH]c(N)nc21)OCc1ccc(OC)c(Cl)c1. The monoisotopic (exact) mass is 526 g/mol. The number of esters is 1. The summed E-state index contributed by atoms with van der Waals surface area (Å²) >= 11 is 6.20. The Morgan fingerprint density at radius 3 is 2.91 bits per heavy atom. The molecule has 0 aliphatic rings. The van der Waals surface area contributed by atoms with Crippen molar-refractivity contribution in [3.8, 4) is 5.75 Å². The summed E-state index contributed by atoms with van der Waals surface area (Å²) in [6, 6.07) is 4.78. The van der Waals surface area contributed by atoms with Crippen LogP contribution in [0.5, 0.6) is 5.75 Å². The van der Waals surface area contributed by atoms with Crippen molar-refractivity contribution < 1.29 is 23.5 Å². The molecule has 0 radical (unpaired) electrons. The zero-order valence-electron chi connectivity index (χ0n) is 19.6. The molecule has 0 fully saturated rings. The normalized spacial score (nSPS) is 13.0. The van der Waals surface area contributed by atoms with Gasteiger partial charge in [-0.1, -0.05) is 17.7 Å². The van der Waals surface area contributed by atoms with E-state index in [9.17, 15) is 9.59 Å². The Morgan fingerprint density at radius 2 is 2.20 bits per heavy atom. The van der Waals surface area contributed by atoms with E-state index in [1.807, 2.05) is 6.07 Å². The van der Waals surface area contributed by atoms with Gasteiger partial charge >= 0.3 is 5.97 Å². The molecule has 0 aliphatic heterocycles. The van der Waals surface area contributed by atoms with Gasteiger partial charge in [-0.2, -0.15) is 4.98 Å². The smallest absolute Gasteiger partial charge is 0.323 e. The molecule has 2 atom stereocenters. The van der Waals surface area contributed by atoms with Gasteiger partial charge in [0, 0.05) is 6.54 Å². The van der Waals surface area contributed by atoms with Crippen LogP contribution in [0.3, 0.4) is 0 Å². The van der Waals surface area contributed by atoms with Crippen molar-refractivity contribution in [1.82, 2.24) is 24.6 Å². The molecule has 1 aromatic carbocycles. The van der Waals surface area contributed by atoms with Crippen molar-refractivity contribution >= 4 is 43.0 Å². The van der Waals surface area contributed by atoms with Gasteiger partial charge in [0.1, 0.15) is 26.4 Å². The van der Waals surface area contributed by atoms with E-state index in [1.165, 1.54) is 6.33 Å². The van der Waals surface area contributed by atoms with Crippen LogP contribution >= 0.6 is 19.9 Å². The Labute approximate surface area is 208 Å². The molecule has 0 saturated heterocycles. The molecule has 3 aromatic rings. The van der Waals surface area contributed by atoms with Crippen molar-refractivity contribution in [2.24, 2.45) is 0 Å². The van der Waals surface area contributed by atoms with Crippen LogP contribution in [0.1, 0.15) is 19.4 Å². The lowest BCUT2D eigenvalue weighted by Gasteiger charge is -2.22. The van der Waals surface area contributed by atoms with Gasteiger partial charge in [-0.25, -0.2) is 4.98 Å². The van der Waals surface area contributed by atoms with Crippen LogP contribution in [0.15, 0.2) is 29.3 Å². The fraction of sp³-hybridized carbons (Fsp3) is 0.429. The number of ether oxygens (including phenoxy) is 3. The summed E-state index contributed by atoms with van der Waals surface area (Å²) in [5.74, 6) is 0.202. The van der Waals surface area contributed by atoms with Gasteiger partial charge in [0.25, 0.3) is 5.56 Å². The number of anilines is 1. The fourth-order valence-electron chi connectivity index (χ4n) is 3.04. The van der Waals surface area contributed by atoms with Crippen molar-refractivity contribution in [3.63, 3.8) is 0 Å². The second-order valence-electron chi connectivity index (χ2n) is 7.32. The van der Waals surface area contributed by atoms with Crippen LogP contribution in [0, 0.1) is 0 Å². The van der Waals surface area contributed by atoms with Gasteiger partial charge in [-0.15, -0.1) is 0 Å². The first kappa shape index (κ1) is 26.8. The molecule has 4 N–H and O–H groups in total. The first-order valence-corrected chi connectivity index (χ1v) is 12.6. The topological polar surface area (TPSA) is 156 Å². The minimum atomic E-state index is -1.36. The number of rotatable bonds is 13. The fourth-order valence-corrected chi connectivity index (χ4v) is 4.69. The number of fused-ring (bicyclic) bond motifs is 1. The number of aromatic amines is 1. The zero-order chi connectivity index (χ0) is 25.4. The number of aromatic nitrogens is 4. The standard InChI is InChI=1S/C21H28ClN6O6P/c1-4-33-20(30)13(2)27-35(34-10-14-5-6-16(31-3)15(22)9-14)12-32-8-7-28-11-24-17-18(28)25-21(23)26-19(17)29/h5-6,9,11,13,27H,4,7-8,10,12H2,1-3H3,(H3,23,25,26,29). The number of imidazole rings is 1. The third kappa shape index (κ3) is 7.36.